The number of carbonyl (C=O) groups excluding carboxylic acids is 2. The lowest BCUT2D eigenvalue weighted by molar-refractivity contribution is -0.155. The van der Waals surface area contributed by atoms with E-state index in [-0.39, 0.29) is 24.9 Å². The van der Waals surface area contributed by atoms with Gasteiger partial charge in [0.05, 0.1) is 11.0 Å². The lowest BCUT2D eigenvalue weighted by Gasteiger charge is -2.20. The molecule has 1 aromatic carbocycles. The molecule has 5 nitrogen and oxygen atoms in total. The second kappa shape index (κ2) is 6.93. The van der Waals surface area contributed by atoms with E-state index < -0.39 is 11.4 Å². The Balaban J connectivity index is 2.33. The standard InChI is InChI=1S/C15H20O5/c1-4-15(2,3)14(18)20-10-9-19-13(17)11-5-7-12(16)8-6-11/h5-8,16H,4,9-10H2,1-3H3. The van der Waals surface area contributed by atoms with Crippen LogP contribution in [0.4, 0.5) is 0 Å². The number of benzene rings is 1. The summed E-state index contributed by atoms with van der Waals surface area (Å²) in [6.07, 6.45) is 0.680. The monoisotopic (exact) mass is 280 g/mol. The molecule has 0 heterocycles. The van der Waals surface area contributed by atoms with Crippen molar-refractivity contribution >= 4 is 11.9 Å². The first-order valence-corrected chi connectivity index (χ1v) is 6.50. The fourth-order valence-electron chi connectivity index (χ4n) is 1.29. The van der Waals surface area contributed by atoms with E-state index in [0.29, 0.717) is 12.0 Å². The predicted octanol–water partition coefficient (Wildman–Crippen LogP) is 2.53. The SMILES string of the molecule is CCC(C)(C)C(=O)OCCOC(=O)c1ccc(O)cc1. The van der Waals surface area contributed by atoms with Gasteiger partial charge in [0.2, 0.25) is 0 Å². The Kier molecular flexibility index (Phi) is 5.55. The molecule has 0 aromatic heterocycles. The maximum absolute atomic E-state index is 11.7. The number of phenols is 1. The minimum Gasteiger partial charge on any atom is -0.508 e. The predicted molar refractivity (Wildman–Crippen MR) is 73.4 cm³/mol. The van der Waals surface area contributed by atoms with Gasteiger partial charge in [0, 0.05) is 0 Å². The molecular formula is C15H20O5. The van der Waals surface area contributed by atoms with Crippen molar-refractivity contribution in [2.75, 3.05) is 13.2 Å². The molecule has 0 fully saturated rings. The third kappa shape index (κ3) is 4.57. The molecule has 0 radical (unpaired) electrons. The molecular weight excluding hydrogens is 260 g/mol. The first kappa shape index (κ1) is 16.0. The highest BCUT2D eigenvalue weighted by Gasteiger charge is 2.26. The van der Waals surface area contributed by atoms with Crippen LogP contribution in [0.5, 0.6) is 5.75 Å². The zero-order chi connectivity index (χ0) is 15.2. The van der Waals surface area contributed by atoms with Gasteiger partial charge in [-0.05, 0) is 44.5 Å². The lowest BCUT2D eigenvalue weighted by atomic mass is 9.91. The molecule has 1 rings (SSSR count). The molecule has 0 aliphatic carbocycles. The van der Waals surface area contributed by atoms with Crippen LogP contribution in [-0.4, -0.2) is 30.3 Å². The molecule has 20 heavy (non-hydrogen) atoms. The molecule has 0 amide bonds. The summed E-state index contributed by atoms with van der Waals surface area (Å²) in [5.41, 5.74) is -0.191. The van der Waals surface area contributed by atoms with Crippen molar-refractivity contribution in [2.45, 2.75) is 27.2 Å². The zero-order valence-electron chi connectivity index (χ0n) is 12.0. The van der Waals surface area contributed by atoms with Gasteiger partial charge in [0.15, 0.2) is 0 Å². The quantitative estimate of drug-likeness (QED) is 0.640. The van der Waals surface area contributed by atoms with Gasteiger partial charge in [-0.15, -0.1) is 0 Å². The van der Waals surface area contributed by atoms with Crippen LogP contribution in [0.3, 0.4) is 0 Å². The number of esters is 2. The maximum Gasteiger partial charge on any atom is 0.338 e. The number of hydrogen-bond acceptors (Lipinski definition) is 5. The van der Waals surface area contributed by atoms with Crippen LogP contribution < -0.4 is 0 Å². The van der Waals surface area contributed by atoms with Crippen molar-refractivity contribution < 1.29 is 24.2 Å². The Morgan fingerprint density at radius 1 is 1.10 bits per heavy atom. The molecule has 110 valence electrons. The average molecular weight is 280 g/mol. The third-order valence-corrected chi connectivity index (χ3v) is 3.09. The van der Waals surface area contributed by atoms with Crippen molar-refractivity contribution in [1.82, 2.24) is 0 Å². The van der Waals surface area contributed by atoms with Crippen LogP contribution in [0.1, 0.15) is 37.6 Å². The van der Waals surface area contributed by atoms with E-state index in [1.54, 1.807) is 13.8 Å². The Hall–Kier alpha value is -2.04. The van der Waals surface area contributed by atoms with Crippen LogP contribution in [0.15, 0.2) is 24.3 Å². The number of aromatic hydroxyl groups is 1. The highest BCUT2D eigenvalue weighted by atomic mass is 16.6. The van der Waals surface area contributed by atoms with E-state index in [1.807, 2.05) is 6.92 Å². The molecule has 1 N–H and O–H groups in total. The Morgan fingerprint density at radius 2 is 1.65 bits per heavy atom. The van der Waals surface area contributed by atoms with E-state index >= 15 is 0 Å². The summed E-state index contributed by atoms with van der Waals surface area (Å²) < 4.78 is 10.0. The molecule has 0 spiro atoms. The zero-order valence-corrected chi connectivity index (χ0v) is 12.0. The Labute approximate surface area is 118 Å². The van der Waals surface area contributed by atoms with E-state index in [1.165, 1.54) is 24.3 Å². The summed E-state index contributed by atoms with van der Waals surface area (Å²) in [4.78, 5) is 23.3. The van der Waals surface area contributed by atoms with Crippen molar-refractivity contribution in [2.24, 2.45) is 5.41 Å². The maximum atomic E-state index is 11.7. The van der Waals surface area contributed by atoms with Crippen molar-refractivity contribution in [3.05, 3.63) is 29.8 Å². The fourth-order valence-corrected chi connectivity index (χ4v) is 1.29. The molecule has 0 aliphatic rings. The van der Waals surface area contributed by atoms with E-state index in [2.05, 4.69) is 0 Å². The van der Waals surface area contributed by atoms with Gasteiger partial charge in [-0.1, -0.05) is 6.92 Å². The van der Waals surface area contributed by atoms with E-state index in [4.69, 9.17) is 14.6 Å². The van der Waals surface area contributed by atoms with Crippen molar-refractivity contribution in [3.8, 4) is 5.75 Å². The molecule has 0 atom stereocenters. The largest absolute Gasteiger partial charge is 0.508 e. The summed E-state index contributed by atoms with van der Waals surface area (Å²) in [6, 6.07) is 5.73. The van der Waals surface area contributed by atoms with Crippen LogP contribution >= 0.6 is 0 Å². The van der Waals surface area contributed by atoms with Crippen LogP contribution in [0.2, 0.25) is 0 Å². The minimum atomic E-state index is -0.527. The number of phenolic OH excluding ortho intramolecular Hbond substituents is 1. The molecule has 0 bridgehead atoms. The van der Waals surface area contributed by atoms with Crippen LogP contribution in [0, 0.1) is 5.41 Å². The van der Waals surface area contributed by atoms with Gasteiger partial charge in [0.1, 0.15) is 19.0 Å². The first-order valence-electron chi connectivity index (χ1n) is 6.50. The lowest BCUT2D eigenvalue weighted by Crippen LogP contribution is -2.27. The topological polar surface area (TPSA) is 72.8 Å². The van der Waals surface area contributed by atoms with E-state index in [0.717, 1.165) is 0 Å². The number of rotatable bonds is 6. The van der Waals surface area contributed by atoms with Gasteiger partial charge >= 0.3 is 11.9 Å². The third-order valence-electron chi connectivity index (χ3n) is 3.09. The van der Waals surface area contributed by atoms with Gasteiger partial charge < -0.3 is 14.6 Å². The first-order chi connectivity index (χ1) is 9.36. The summed E-state index contributed by atoms with van der Waals surface area (Å²) in [7, 11) is 0. The van der Waals surface area contributed by atoms with Gasteiger partial charge in [0.25, 0.3) is 0 Å². The van der Waals surface area contributed by atoms with Crippen LogP contribution in [0.25, 0.3) is 0 Å². The van der Waals surface area contributed by atoms with Gasteiger partial charge in [-0.2, -0.15) is 0 Å². The highest BCUT2D eigenvalue weighted by Crippen LogP contribution is 2.21. The minimum absolute atomic E-state index is 0.00520. The number of carbonyl (C=O) groups is 2. The Morgan fingerprint density at radius 3 is 2.20 bits per heavy atom. The molecule has 1 aromatic rings. The molecule has 0 saturated heterocycles. The smallest absolute Gasteiger partial charge is 0.338 e. The fraction of sp³-hybridized carbons (Fsp3) is 0.467. The highest BCUT2D eigenvalue weighted by molar-refractivity contribution is 5.89. The van der Waals surface area contributed by atoms with Gasteiger partial charge in [-0.25, -0.2) is 4.79 Å². The van der Waals surface area contributed by atoms with Crippen LogP contribution in [-0.2, 0) is 14.3 Å². The Bertz CT molecular complexity index is 462. The summed E-state index contributed by atoms with van der Waals surface area (Å²) in [5.74, 6) is -0.742. The van der Waals surface area contributed by atoms with Crippen molar-refractivity contribution in [3.63, 3.8) is 0 Å². The normalized spacial score (nSPS) is 10.9. The van der Waals surface area contributed by atoms with Gasteiger partial charge in [-0.3, -0.25) is 4.79 Å². The van der Waals surface area contributed by atoms with E-state index in [9.17, 15) is 9.59 Å². The molecule has 5 heteroatoms. The summed E-state index contributed by atoms with van der Waals surface area (Å²) >= 11 is 0. The second-order valence-electron chi connectivity index (χ2n) is 5.06. The molecule has 0 saturated carbocycles. The molecule has 0 unspecified atom stereocenters. The van der Waals surface area contributed by atoms with Crippen molar-refractivity contribution in [1.29, 1.82) is 0 Å². The second-order valence-corrected chi connectivity index (χ2v) is 5.06. The number of hydrogen-bond donors (Lipinski definition) is 1. The summed E-state index contributed by atoms with van der Waals surface area (Å²) in [6.45, 7) is 5.55. The summed E-state index contributed by atoms with van der Waals surface area (Å²) in [5, 5.41) is 9.10. The molecule has 0 aliphatic heterocycles. The number of ether oxygens (including phenoxy) is 2. The average Bonchev–Trinajstić information content (AvgIpc) is 2.43.